The molecule has 0 aromatic carbocycles. The van der Waals surface area contributed by atoms with Crippen LogP contribution in [0, 0.1) is 0 Å². The van der Waals surface area contributed by atoms with Gasteiger partial charge in [-0.15, -0.1) is 11.3 Å². The number of nitrogens with one attached hydrogen (secondary N) is 2. The molecule has 0 aliphatic carbocycles. The van der Waals surface area contributed by atoms with Gasteiger partial charge in [-0.05, 0) is 29.6 Å². The minimum absolute atomic E-state index is 0.169. The Morgan fingerprint density at radius 3 is 2.95 bits per heavy atom. The summed E-state index contributed by atoms with van der Waals surface area (Å²) >= 11 is 1.61. The Labute approximate surface area is 131 Å². The molecule has 1 atom stereocenters. The molecule has 3 aromatic rings. The number of thiophene rings is 1. The van der Waals surface area contributed by atoms with Crippen LogP contribution < -0.4 is 10.6 Å². The Bertz CT molecular complexity index is 643. The first kappa shape index (κ1) is 14.4. The number of nitrogens with zero attached hydrogens (tertiary/aromatic N) is 2. The molecular formula is C15H16N4O2S. The summed E-state index contributed by atoms with van der Waals surface area (Å²) in [7, 11) is 0. The van der Waals surface area contributed by atoms with E-state index in [9.17, 15) is 4.79 Å². The predicted molar refractivity (Wildman–Crippen MR) is 83.6 cm³/mol. The molecule has 0 aliphatic heterocycles. The van der Waals surface area contributed by atoms with Crippen molar-refractivity contribution in [3.8, 4) is 0 Å². The summed E-state index contributed by atoms with van der Waals surface area (Å²) in [6.45, 7) is 0.919. The topological polar surface area (TPSA) is 72.1 Å². The van der Waals surface area contributed by atoms with Gasteiger partial charge in [-0.25, -0.2) is 4.79 Å². The monoisotopic (exact) mass is 316 g/mol. The third-order valence-electron chi connectivity index (χ3n) is 3.18. The largest absolute Gasteiger partial charge is 0.467 e. The summed E-state index contributed by atoms with van der Waals surface area (Å²) in [6.07, 6.45) is 5.16. The maximum atomic E-state index is 11.9. The Hall–Kier alpha value is -2.54. The van der Waals surface area contributed by atoms with E-state index >= 15 is 0 Å². The minimum atomic E-state index is -0.211. The number of hydrogen-bond donors (Lipinski definition) is 2. The Kier molecular flexibility index (Phi) is 4.55. The molecule has 0 fully saturated rings. The van der Waals surface area contributed by atoms with Crippen LogP contribution in [0.3, 0.4) is 0 Å². The van der Waals surface area contributed by atoms with Gasteiger partial charge in [-0.1, -0.05) is 6.07 Å². The number of hydrogen-bond acceptors (Lipinski definition) is 4. The van der Waals surface area contributed by atoms with E-state index in [1.54, 1.807) is 28.5 Å². The first-order valence-corrected chi connectivity index (χ1v) is 7.77. The summed E-state index contributed by atoms with van der Waals surface area (Å²) in [5.41, 5.74) is 0. The Balaban J connectivity index is 1.56. The molecule has 22 heavy (non-hydrogen) atoms. The third kappa shape index (κ3) is 3.56. The molecule has 1 unspecified atom stereocenters. The molecule has 2 N–H and O–H groups in total. The Morgan fingerprint density at radius 1 is 1.32 bits per heavy atom. The van der Waals surface area contributed by atoms with E-state index in [1.807, 2.05) is 41.9 Å². The number of rotatable bonds is 6. The second-order valence-electron chi connectivity index (χ2n) is 4.66. The van der Waals surface area contributed by atoms with Crippen LogP contribution in [0.25, 0.3) is 0 Å². The van der Waals surface area contributed by atoms with Crippen LogP contribution in [-0.2, 0) is 6.54 Å². The maximum Gasteiger partial charge on any atom is 0.315 e. The van der Waals surface area contributed by atoms with Crippen molar-refractivity contribution in [3.05, 3.63) is 65.0 Å². The molecule has 2 amide bonds. The van der Waals surface area contributed by atoms with Gasteiger partial charge in [-0.2, -0.15) is 5.10 Å². The minimum Gasteiger partial charge on any atom is -0.467 e. The highest BCUT2D eigenvalue weighted by atomic mass is 32.1. The molecule has 3 rings (SSSR count). The lowest BCUT2D eigenvalue weighted by molar-refractivity contribution is 0.238. The third-order valence-corrected chi connectivity index (χ3v) is 4.05. The second kappa shape index (κ2) is 6.95. The molecule has 0 saturated heterocycles. The van der Waals surface area contributed by atoms with Crippen LogP contribution in [0.5, 0.6) is 0 Å². The smallest absolute Gasteiger partial charge is 0.315 e. The van der Waals surface area contributed by atoms with Crippen molar-refractivity contribution < 1.29 is 9.21 Å². The highest BCUT2D eigenvalue weighted by Crippen LogP contribution is 2.17. The molecule has 6 nitrogen and oxygen atoms in total. The first-order chi connectivity index (χ1) is 10.8. The second-order valence-corrected chi connectivity index (χ2v) is 5.69. The SMILES string of the molecule is O=C(NCc1cccs1)NCC(c1ccco1)n1cccn1. The van der Waals surface area contributed by atoms with E-state index in [0.717, 1.165) is 10.6 Å². The fraction of sp³-hybridized carbons (Fsp3) is 0.200. The summed E-state index contributed by atoms with van der Waals surface area (Å²) in [5, 5.41) is 11.9. The van der Waals surface area contributed by atoms with Crippen LogP contribution in [0.15, 0.2) is 58.8 Å². The number of furan rings is 1. The van der Waals surface area contributed by atoms with Gasteiger partial charge in [-0.3, -0.25) is 4.68 Å². The van der Waals surface area contributed by atoms with Crippen LogP contribution in [0.4, 0.5) is 4.79 Å². The van der Waals surface area contributed by atoms with Crippen LogP contribution in [-0.4, -0.2) is 22.4 Å². The summed E-state index contributed by atoms with van der Waals surface area (Å²) in [5.74, 6) is 0.752. The molecule has 0 spiro atoms. The van der Waals surface area contributed by atoms with Gasteiger partial charge in [0.1, 0.15) is 11.8 Å². The van der Waals surface area contributed by atoms with Gasteiger partial charge in [0.25, 0.3) is 0 Å². The van der Waals surface area contributed by atoms with Crippen LogP contribution in [0.1, 0.15) is 16.7 Å². The molecule has 0 radical (unpaired) electrons. The normalized spacial score (nSPS) is 12.0. The van der Waals surface area contributed by atoms with Gasteiger partial charge in [0.2, 0.25) is 0 Å². The number of carbonyl (C=O) groups is 1. The summed E-state index contributed by atoms with van der Waals surface area (Å²) in [6, 6.07) is 9.10. The maximum absolute atomic E-state index is 11.9. The number of carbonyl (C=O) groups excluding carboxylic acids is 1. The van der Waals surface area contributed by atoms with E-state index in [-0.39, 0.29) is 12.1 Å². The molecule has 7 heteroatoms. The van der Waals surface area contributed by atoms with Crippen molar-refractivity contribution in [2.75, 3.05) is 6.54 Å². The molecule has 0 saturated carbocycles. The number of aromatic nitrogens is 2. The van der Waals surface area contributed by atoms with E-state index in [0.29, 0.717) is 13.1 Å². The van der Waals surface area contributed by atoms with Crippen LogP contribution >= 0.6 is 11.3 Å². The van der Waals surface area contributed by atoms with Gasteiger partial charge in [0, 0.05) is 23.8 Å². The molecule has 0 bridgehead atoms. The van der Waals surface area contributed by atoms with Gasteiger partial charge in [0.05, 0.1) is 12.8 Å². The standard InChI is InChI=1S/C15H16N4O2S/c20-15(16-10-12-4-2-9-22-12)17-11-13(14-5-1-8-21-14)19-7-3-6-18-19/h1-9,13H,10-11H2,(H2,16,17,20). The zero-order valence-corrected chi connectivity index (χ0v) is 12.6. The zero-order chi connectivity index (χ0) is 15.2. The zero-order valence-electron chi connectivity index (χ0n) is 11.8. The lowest BCUT2D eigenvalue weighted by atomic mass is 10.2. The molecule has 114 valence electrons. The number of urea groups is 1. The van der Waals surface area contributed by atoms with Crippen molar-refractivity contribution in [2.24, 2.45) is 0 Å². The van der Waals surface area contributed by atoms with Gasteiger partial charge in [0.15, 0.2) is 0 Å². The number of amides is 2. The fourth-order valence-corrected chi connectivity index (χ4v) is 2.75. The van der Waals surface area contributed by atoms with Gasteiger partial charge < -0.3 is 15.1 Å². The summed E-state index contributed by atoms with van der Waals surface area (Å²) < 4.78 is 7.20. The van der Waals surface area contributed by atoms with E-state index in [2.05, 4.69) is 15.7 Å². The molecular weight excluding hydrogens is 300 g/mol. The van der Waals surface area contributed by atoms with Crippen LogP contribution in [0.2, 0.25) is 0 Å². The molecule has 0 aliphatic rings. The van der Waals surface area contributed by atoms with Crippen molar-refractivity contribution in [1.29, 1.82) is 0 Å². The van der Waals surface area contributed by atoms with Gasteiger partial charge >= 0.3 is 6.03 Å². The predicted octanol–water partition coefficient (Wildman–Crippen LogP) is 2.63. The lowest BCUT2D eigenvalue weighted by Crippen LogP contribution is -2.38. The fourth-order valence-electron chi connectivity index (χ4n) is 2.10. The van der Waals surface area contributed by atoms with E-state index in [4.69, 9.17) is 4.42 Å². The average molecular weight is 316 g/mol. The lowest BCUT2D eigenvalue weighted by Gasteiger charge is -2.16. The van der Waals surface area contributed by atoms with Crippen molar-refractivity contribution in [2.45, 2.75) is 12.6 Å². The highest BCUT2D eigenvalue weighted by Gasteiger charge is 2.17. The van der Waals surface area contributed by atoms with Crippen molar-refractivity contribution >= 4 is 17.4 Å². The first-order valence-electron chi connectivity index (χ1n) is 6.89. The van der Waals surface area contributed by atoms with E-state index < -0.39 is 0 Å². The quantitative estimate of drug-likeness (QED) is 0.734. The Morgan fingerprint density at radius 2 is 2.27 bits per heavy atom. The molecule has 3 heterocycles. The summed E-state index contributed by atoms with van der Waals surface area (Å²) in [4.78, 5) is 13.0. The van der Waals surface area contributed by atoms with Crippen molar-refractivity contribution in [1.82, 2.24) is 20.4 Å². The van der Waals surface area contributed by atoms with E-state index in [1.165, 1.54) is 0 Å². The van der Waals surface area contributed by atoms with Crippen molar-refractivity contribution in [3.63, 3.8) is 0 Å². The highest BCUT2D eigenvalue weighted by molar-refractivity contribution is 7.09. The average Bonchev–Trinajstić information content (AvgIpc) is 3.27. The molecule has 3 aromatic heterocycles.